The molecule has 0 unspecified atom stereocenters. The van der Waals surface area contributed by atoms with Crippen LogP contribution in [0.1, 0.15) is 22.3 Å². The largest absolute Gasteiger partial charge is 0.488 e. The van der Waals surface area contributed by atoms with Crippen LogP contribution in [0.4, 0.5) is 0 Å². The first kappa shape index (κ1) is 15.4. The normalized spacial score (nSPS) is 11.5. The SMILES string of the molecule is Cc1ccc(OCc2ccc(/C(N)=N/O)cc2C)c(Br)c1. The van der Waals surface area contributed by atoms with Gasteiger partial charge < -0.3 is 15.7 Å². The highest BCUT2D eigenvalue weighted by atomic mass is 79.9. The molecule has 0 aliphatic carbocycles. The molecule has 2 aromatic carbocycles. The van der Waals surface area contributed by atoms with Crippen molar-refractivity contribution in [3.05, 3.63) is 63.1 Å². The van der Waals surface area contributed by atoms with Crippen LogP contribution >= 0.6 is 15.9 Å². The lowest BCUT2D eigenvalue weighted by atomic mass is 10.1. The minimum Gasteiger partial charge on any atom is -0.488 e. The van der Waals surface area contributed by atoms with Gasteiger partial charge in [-0.3, -0.25) is 0 Å². The summed E-state index contributed by atoms with van der Waals surface area (Å²) in [4.78, 5) is 0. The fourth-order valence-electron chi connectivity index (χ4n) is 1.95. The van der Waals surface area contributed by atoms with Crippen molar-refractivity contribution in [2.45, 2.75) is 20.5 Å². The maximum absolute atomic E-state index is 8.69. The Morgan fingerprint density at radius 2 is 2.00 bits per heavy atom. The molecule has 110 valence electrons. The van der Waals surface area contributed by atoms with E-state index >= 15 is 0 Å². The zero-order valence-corrected chi connectivity index (χ0v) is 13.5. The molecule has 0 saturated heterocycles. The average Bonchev–Trinajstić information content (AvgIpc) is 2.46. The van der Waals surface area contributed by atoms with Crippen LogP contribution in [0.25, 0.3) is 0 Å². The van der Waals surface area contributed by atoms with E-state index in [0.717, 1.165) is 21.3 Å². The Balaban J connectivity index is 2.13. The van der Waals surface area contributed by atoms with Crippen molar-refractivity contribution >= 4 is 21.8 Å². The molecule has 0 radical (unpaired) electrons. The van der Waals surface area contributed by atoms with Gasteiger partial charge in [-0.15, -0.1) is 0 Å². The van der Waals surface area contributed by atoms with E-state index in [9.17, 15) is 0 Å². The molecule has 0 aliphatic rings. The quantitative estimate of drug-likeness (QED) is 0.382. The van der Waals surface area contributed by atoms with Gasteiger partial charge >= 0.3 is 0 Å². The number of benzene rings is 2. The zero-order valence-electron chi connectivity index (χ0n) is 11.9. The minimum absolute atomic E-state index is 0.104. The van der Waals surface area contributed by atoms with Crippen LogP contribution in [0.2, 0.25) is 0 Å². The van der Waals surface area contributed by atoms with Crippen LogP contribution in [0.5, 0.6) is 5.75 Å². The van der Waals surface area contributed by atoms with E-state index in [2.05, 4.69) is 21.1 Å². The second-order valence-electron chi connectivity index (χ2n) is 4.85. The Kier molecular flexibility index (Phi) is 4.85. The van der Waals surface area contributed by atoms with Gasteiger partial charge in [0.05, 0.1) is 4.47 Å². The first-order valence-corrected chi connectivity index (χ1v) is 7.27. The topological polar surface area (TPSA) is 67.8 Å². The maximum Gasteiger partial charge on any atom is 0.170 e. The van der Waals surface area contributed by atoms with Crippen molar-refractivity contribution in [3.63, 3.8) is 0 Å². The number of rotatable bonds is 4. The number of hydrogen-bond donors (Lipinski definition) is 2. The molecular weight excluding hydrogens is 332 g/mol. The summed E-state index contributed by atoms with van der Waals surface area (Å²) in [5.74, 6) is 0.910. The summed E-state index contributed by atoms with van der Waals surface area (Å²) in [7, 11) is 0. The Hall–Kier alpha value is -2.01. The molecule has 21 heavy (non-hydrogen) atoms. The number of aryl methyl sites for hydroxylation is 2. The standard InChI is InChI=1S/C16H17BrN2O2/c1-10-3-6-15(14(17)7-10)21-9-13-5-4-12(8-11(13)2)16(18)19-20/h3-8,20H,9H2,1-2H3,(H2,18,19). The second kappa shape index (κ2) is 6.63. The minimum atomic E-state index is 0.104. The van der Waals surface area contributed by atoms with Crippen LogP contribution in [0.3, 0.4) is 0 Å². The number of halogens is 1. The van der Waals surface area contributed by atoms with Gasteiger partial charge in [-0.05, 0) is 64.7 Å². The van der Waals surface area contributed by atoms with Gasteiger partial charge in [0.1, 0.15) is 12.4 Å². The van der Waals surface area contributed by atoms with E-state index in [-0.39, 0.29) is 5.84 Å². The fraction of sp³-hybridized carbons (Fsp3) is 0.188. The number of nitrogens with zero attached hydrogens (tertiary/aromatic N) is 1. The Morgan fingerprint density at radius 3 is 2.62 bits per heavy atom. The van der Waals surface area contributed by atoms with Gasteiger partial charge in [-0.25, -0.2) is 0 Å². The molecule has 4 nitrogen and oxygen atoms in total. The monoisotopic (exact) mass is 348 g/mol. The second-order valence-corrected chi connectivity index (χ2v) is 5.70. The van der Waals surface area contributed by atoms with E-state index in [4.69, 9.17) is 15.7 Å². The summed E-state index contributed by atoms with van der Waals surface area (Å²) in [6, 6.07) is 11.6. The summed E-state index contributed by atoms with van der Waals surface area (Å²) in [5.41, 5.74) is 9.52. The third-order valence-electron chi connectivity index (χ3n) is 3.22. The molecule has 0 heterocycles. The van der Waals surface area contributed by atoms with E-state index in [1.54, 1.807) is 0 Å². The first-order valence-electron chi connectivity index (χ1n) is 6.47. The van der Waals surface area contributed by atoms with Gasteiger partial charge in [-0.2, -0.15) is 0 Å². The summed E-state index contributed by atoms with van der Waals surface area (Å²) in [5, 5.41) is 11.7. The molecule has 2 aromatic rings. The van der Waals surface area contributed by atoms with E-state index in [1.807, 2.05) is 50.2 Å². The molecule has 0 amide bonds. The van der Waals surface area contributed by atoms with E-state index in [1.165, 1.54) is 5.56 Å². The van der Waals surface area contributed by atoms with Crippen molar-refractivity contribution in [2.75, 3.05) is 0 Å². The third kappa shape index (κ3) is 3.76. The maximum atomic E-state index is 8.69. The molecule has 3 N–H and O–H groups in total. The fourth-order valence-corrected chi connectivity index (χ4v) is 2.56. The van der Waals surface area contributed by atoms with Crippen molar-refractivity contribution < 1.29 is 9.94 Å². The van der Waals surface area contributed by atoms with Crippen LogP contribution in [0, 0.1) is 13.8 Å². The summed E-state index contributed by atoms with van der Waals surface area (Å²) >= 11 is 3.49. The van der Waals surface area contributed by atoms with E-state index in [0.29, 0.717) is 12.2 Å². The van der Waals surface area contributed by atoms with E-state index < -0.39 is 0 Å². The number of ether oxygens (including phenoxy) is 1. The highest BCUT2D eigenvalue weighted by Crippen LogP contribution is 2.27. The Morgan fingerprint density at radius 1 is 1.24 bits per heavy atom. The third-order valence-corrected chi connectivity index (χ3v) is 3.84. The molecule has 0 aromatic heterocycles. The number of oxime groups is 1. The van der Waals surface area contributed by atoms with Crippen molar-refractivity contribution in [2.24, 2.45) is 10.9 Å². The van der Waals surface area contributed by atoms with Crippen molar-refractivity contribution in [3.8, 4) is 5.75 Å². The van der Waals surface area contributed by atoms with Gasteiger partial charge in [0.2, 0.25) is 0 Å². The Bertz CT molecular complexity index is 684. The molecular formula is C16H17BrN2O2. The molecule has 0 bridgehead atoms. The smallest absolute Gasteiger partial charge is 0.170 e. The first-order chi connectivity index (χ1) is 10.0. The molecule has 0 fully saturated rings. The number of hydrogen-bond acceptors (Lipinski definition) is 3. The number of amidine groups is 1. The lowest BCUT2D eigenvalue weighted by Gasteiger charge is -2.11. The highest BCUT2D eigenvalue weighted by molar-refractivity contribution is 9.10. The molecule has 5 heteroatoms. The van der Waals surface area contributed by atoms with Gasteiger partial charge in [0, 0.05) is 5.56 Å². The zero-order chi connectivity index (χ0) is 15.4. The molecule has 0 atom stereocenters. The molecule has 0 aliphatic heterocycles. The lowest BCUT2D eigenvalue weighted by molar-refractivity contribution is 0.303. The predicted molar refractivity (Wildman–Crippen MR) is 86.9 cm³/mol. The van der Waals surface area contributed by atoms with Crippen LogP contribution in [-0.4, -0.2) is 11.0 Å². The van der Waals surface area contributed by atoms with Crippen molar-refractivity contribution in [1.82, 2.24) is 0 Å². The van der Waals surface area contributed by atoms with Crippen LogP contribution in [-0.2, 0) is 6.61 Å². The molecule has 0 saturated carbocycles. The number of nitrogens with two attached hydrogens (primary N) is 1. The summed E-state index contributed by atoms with van der Waals surface area (Å²) in [6.45, 7) is 4.46. The summed E-state index contributed by atoms with van der Waals surface area (Å²) in [6.07, 6.45) is 0. The van der Waals surface area contributed by atoms with Crippen molar-refractivity contribution in [1.29, 1.82) is 0 Å². The Labute approximate surface area is 132 Å². The van der Waals surface area contributed by atoms with Gasteiger partial charge in [0.15, 0.2) is 5.84 Å². The molecule has 2 rings (SSSR count). The van der Waals surface area contributed by atoms with Crippen LogP contribution in [0.15, 0.2) is 46.0 Å². The van der Waals surface area contributed by atoms with Gasteiger partial charge in [0.25, 0.3) is 0 Å². The molecule has 0 spiro atoms. The lowest BCUT2D eigenvalue weighted by Crippen LogP contribution is -2.13. The van der Waals surface area contributed by atoms with Crippen LogP contribution < -0.4 is 10.5 Å². The predicted octanol–water partition coefficient (Wildman–Crippen LogP) is 3.74. The summed E-state index contributed by atoms with van der Waals surface area (Å²) < 4.78 is 6.77. The average molecular weight is 349 g/mol. The van der Waals surface area contributed by atoms with Gasteiger partial charge in [-0.1, -0.05) is 23.4 Å². The highest BCUT2D eigenvalue weighted by Gasteiger charge is 2.06.